The first-order valence-corrected chi connectivity index (χ1v) is 4.28. The highest BCUT2D eigenvalue weighted by Crippen LogP contribution is 2.25. The van der Waals surface area contributed by atoms with Crippen LogP contribution in [0, 0.1) is 0 Å². The molecule has 1 N–H and O–H groups in total. The molecule has 0 saturated heterocycles. The molecule has 0 aromatic carbocycles. The van der Waals surface area contributed by atoms with Gasteiger partial charge in [0, 0.05) is 12.6 Å². The standard InChI is InChI=1S/C9H17N3O/c1-9(2,3)11-7-6-10-12(4)8(7)13-5/h6,11H,1-5H3. The molecule has 0 radical (unpaired) electrons. The molecule has 0 amide bonds. The lowest BCUT2D eigenvalue weighted by atomic mass is 10.1. The van der Waals surface area contributed by atoms with Crippen molar-refractivity contribution in [1.82, 2.24) is 9.78 Å². The molecule has 13 heavy (non-hydrogen) atoms. The van der Waals surface area contributed by atoms with E-state index in [1.54, 1.807) is 18.0 Å². The van der Waals surface area contributed by atoms with E-state index in [4.69, 9.17) is 4.74 Å². The third-order valence-electron chi connectivity index (χ3n) is 1.59. The SMILES string of the molecule is COc1c(NC(C)(C)C)cnn1C. The summed E-state index contributed by atoms with van der Waals surface area (Å²) < 4.78 is 6.90. The fraction of sp³-hybridized carbons (Fsp3) is 0.667. The van der Waals surface area contributed by atoms with Gasteiger partial charge in [-0.1, -0.05) is 0 Å². The molecule has 1 aromatic heterocycles. The van der Waals surface area contributed by atoms with E-state index in [1.165, 1.54) is 0 Å². The maximum absolute atomic E-state index is 5.20. The van der Waals surface area contributed by atoms with Crippen molar-refractivity contribution >= 4 is 5.69 Å². The largest absolute Gasteiger partial charge is 0.480 e. The van der Waals surface area contributed by atoms with Gasteiger partial charge in [0.15, 0.2) is 0 Å². The number of ether oxygens (including phenoxy) is 1. The molecule has 1 heterocycles. The molecular weight excluding hydrogens is 166 g/mol. The van der Waals surface area contributed by atoms with Gasteiger partial charge in [0.1, 0.15) is 5.69 Å². The summed E-state index contributed by atoms with van der Waals surface area (Å²) in [6.45, 7) is 6.29. The summed E-state index contributed by atoms with van der Waals surface area (Å²) >= 11 is 0. The second-order valence-corrected chi connectivity index (χ2v) is 4.07. The predicted molar refractivity (Wildman–Crippen MR) is 53.1 cm³/mol. The van der Waals surface area contributed by atoms with Crippen LogP contribution in [0.4, 0.5) is 5.69 Å². The summed E-state index contributed by atoms with van der Waals surface area (Å²) in [5.41, 5.74) is 0.952. The van der Waals surface area contributed by atoms with Gasteiger partial charge >= 0.3 is 0 Å². The van der Waals surface area contributed by atoms with Gasteiger partial charge in [-0.2, -0.15) is 5.10 Å². The molecule has 0 bridgehead atoms. The lowest BCUT2D eigenvalue weighted by Gasteiger charge is -2.21. The first-order chi connectivity index (χ1) is 5.94. The zero-order chi connectivity index (χ0) is 10.1. The number of methoxy groups -OCH3 is 1. The molecule has 0 aliphatic heterocycles. The van der Waals surface area contributed by atoms with Gasteiger partial charge in [-0.15, -0.1) is 0 Å². The molecule has 0 saturated carbocycles. The highest BCUT2D eigenvalue weighted by Gasteiger charge is 2.15. The zero-order valence-corrected chi connectivity index (χ0v) is 8.88. The van der Waals surface area contributed by atoms with E-state index in [9.17, 15) is 0 Å². The van der Waals surface area contributed by atoms with Crippen LogP contribution in [0.3, 0.4) is 0 Å². The fourth-order valence-electron chi connectivity index (χ4n) is 1.16. The summed E-state index contributed by atoms with van der Waals surface area (Å²) in [5, 5.41) is 7.41. The molecule has 1 rings (SSSR count). The minimum Gasteiger partial charge on any atom is -0.480 e. The van der Waals surface area contributed by atoms with Crippen molar-refractivity contribution in [3.8, 4) is 5.88 Å². The number of hydrogen-bond acceptors (Lipinski definition) is 3. The molecular formula is C9H17N3O. The molecule has 4 heteroatoms. The van der Waals surface area contributed by atoms with E-state index in [-0.39, 0.29) is 5.54 Å². The van der Waals surface area contributed by atoms with Crippen LogP contribution >= 0.6 is 0 Å². The summed E-state index contributed by atoms with van der Waals surface area (Å²) in [6, 6.07) is 0. The third-order valence-corrected chi connectivity index (χ3v) is 1.59. The Labute approximate surface area is 78.9 Å². The molecule has 1 aromatic rings. The topological polar surface area (TPSA) is 39.1 Å². The minimum absolute atomic E-state index is 0.0241. The Balaban J connectivity index is 2.89. The lowest BCUT2D eigenvalue weighted by molar-refractivity contribution is 0.374. The number of anilines is 1. The number of rotatable bonds is 2. The molecule has 0 fully saturated rings. The van der Waals surface area contributed by atoms with Gasteiger partial charge < -0.3 is 10.1 Å². The first kappa shape index (κ1) is 9.89. The highest BCUT2D eigenvalue weighted by molar-refractivity contribution is 5.52. The summed E-state index contributed by atoms with van der Waals surface area (Å²) in [4.78, 5) is 0. The van der Waals surface area contributed by atoms with Crippen molar-refractivity contribution in [2.75, 3.05) is 12.4 Å². The van der Waals surface area contributed by atoms with Gasteiger partial charge in [-0.3, -0.25) is 0 Å². The average molecular weight is 183 g/mol. The van der Waals surface area contributed by atoms with E-state index in [0.717, 1.165) is 11.6 Å². The van der Waals surface area contributed by atoms with Crippen molar-refractivity contribution in [1.29, 1.82) is 0 Å². The van der Waals surface area contributed by atoms with Crippen molar-refractivity contribution < 1.29 is 4.74 Å². The van der Waals surface area contributed by atoms with Crippen LogP contribution in [0.25, 0.3) is 0 Å². The number of hydrogen-bond donors (Lipinski definition) is 1. The van der Waals surface area contributed by atoms with E-state index in [0.29, 0.717) is 0 Å². The van der Waals surface area contributed by atoms with Crippen LogP contribution < -0.4 is 10.1 Å². The highest BCUT2D eigenvalue weighted by atomic mass is 16.5. The molecule has 74 valence electrons. The lowest BCUT2D eigenvalue weighted by Crippen LogP contribution is -2.26. The smallest absolute Gasteiger partial charge is 0.235 e. The van der Waals surface area contributed by atoms with Crippen molar-refractivity contribution in [2.24, 2.45) is 7.05 Å². The van der Waals surface area contributed by atoms with E-state index in [2.05, 4.69) is 31.2 Å². The van der Waals surface area contributed by atoms with E-state index in [1.807, 2.05) is 7.05 Å². The Morgan fingerprint density at radius 3 is 2.54 bits per heavy atom. The number of nitrogens with zero attached hydrogens (tertiary/aromatic N) is 2. The van der Waals surface area contributed by atoms with Crippen LogP contribution in [0.15, 0.2) is 6.20 Å². The monoisotopic (exact) mass is 183 g/mol. The average Bonchev–Trinajstić information content (AvgIpc) is 2.28. The molecule has 0 aliphatic rings. The summed E-state index contributed by atoms with van der Waals surface area (Å²) in [5.74, 6) is 0.759. The molecule has 4 nitrogen and oxygen atoms in total. The summed E-state index contributed by atoms with van der Waals surface area (Å²) in [7, 11) is 3.50. The van der Waals surface area contributed by atoms with Crippen molar-refractivity contribution in [3.05, 3.63) is 6.20 Å². The van der Waals surface area contributed by atoms with Gasteiger partial charge in [-0.25, -0.2) is 4.68 Å². The van der Waals surface area contributed by atoms with E-state index >= 15 is 0 Å². The maximum atomic E-state index is 5.20. The number of aromatic nitrogens is 2. The Bertz CT molecular complexity index is 286. The molecule has 0 spiro atoms. The minimum atomic E-state index is 0.0241. The molecule has 0 aliphatic carbocycles. The van der Waals surface area contributed by atoms with Crippen LogP contribution in [0.2, 0.25) is 0 Å². The number of nitrogens with one attached hydrogen (secondary N) is 1. The normalized spacial score (nSPS) is 11.5. The van der Waals surface area contributed by atoms with Crippen LogP contribution in [0.5, 0.6) is 5.88 Å². The number of aryl methyl sites for hydroxylation is 1. The summed E-state index contributed by atoms with van der Waals surface area (Å²) in [6.07, 6.45) is 1.77. The van der Waals surface area contributed by atoms with Crippen LogP contribution in [-0.2, 0) is 7.05 Å². The predicted octanol–water partition coefficient (Wildman–Crippen LogP) is 1.64. The van der Waals surface area contributed by atoms with Crippen LogP contribution in [-0.4, -0.2) is 22.4 Å². The van der Waals surface area contributed by atoms with E-state index < -0.39 is 0 Å². The first-order valence-electron chi connectivity index (χ1n) is 4.28. The van der Waals surface area contributed by atoms with Gasteiger partial charge in [0.05, 0.1) is 13.3 Å². The maximum Gasteiger partial charge on any atom is 0.235 e. The second kappa shape index (κ2) is 3.28. The quantitative estimate of drug-likeness (QED) is 0.757. The van der Waals surface area contributed by atoms with Gasteiger partial charge in [0.2, 0.25) is 5.88 Å². The van der Waals surface area contributed by atoms with Gasteiger partial charge in [-0.05, 0) is 20.8 Å². The third kappa shape index (κ3) is 2.37. The molecule has 0 atom stereocenters. The van der Waals surface area contributed by atoms with Crippen molar-refractivity contribution in [2.45, 2.75) is 26.3 Å². The molecule has 0 unspecified atom stereocenters. The van der Waals surface area contributed by atoms with Crippen molar-refractivity contribution in [3.63, 3.8) is 0 Å². The Kier molecular flexibility index (Phi) is 2.50. The fourth-order valence-corrected chi connectivity index (χ4v) is 1.16. The zero-order valence-electron chi connectivity index (χ0n) is 8.88. The Morgan fingerprint density at radius 2 is 2.08 bits per heavy atom. The second-order valence-electron chi connectivity index (χ2n) is 4.07. The van der Waals surface area contributed by atoms with Gasteiger partial charge in [0.25, 0.3) is 0 Å². The van der Waals surface area contributed by atoms with Crippen LogP contribution in [0.1, 0.15) is 20.8 Å². The Morgan fingerprint density at radius 1 is 1.46 bits per heavy atom. The Hall–Kier alpha value is -1.19.